The first-order valence-corrected chi connectivity index (χ1v) is 4.75. The highest BCUT2D eigenvalue weighted by atomic mass is 16.5. The molecule has 1 unspecified atom stereocenters. The molecule has 0 aliphatic heterocycles. The van der Waals surface area contributed by atoms with Crippen molar-refractivity contribution < 1.29 is 4.74 Å². The highest BCUT2D eigenvalue weighted by molar-refractivity contribution is 5.26. The van der Waals surface area contributed by atoms with Gasteiger partial charge in [-0.1, -0.05) is 25.2 Å². The van der Waals surface area contributed by atoms with Gasteiger partial charge in [0.1, 0.15) is 0 Å². The van der Waals surface area contributed by atoms with Gasteiger partial charge >= 0.3 is 0 Å². The average Bonchev–Trinajstić information content (AvgIpc) is 2.51. The van der Waals surface area contributed by atoms with Gasteiger partial charge < -0.3 is 4.74 Å². The van der Waals surface area contributed by atoms with E-state index in [4.69, 9.17) is 4.74 Å². The van der Waals surface area contributed by atoms with E-state index >= 15 is 0 Å². The Labute approximate surface area is 75.1 Å². The molecular formula is C11H18O. The summed E-state index contributed by atoms with van der Waals surface area (Å²) in [5.41, 5.74) is 1.42. The van der Waals surface area contributed by atoms with Crippen LogP contribution in [0.5, 0.6) is 0 Å². The van der Waals surface area contributed by atoms with Gasteiger partial charge in [0.2, 0.25) is 0 Å². The van der Waals surface area contributed by atoms with Crippen LogP contribution in [0.3, 0.4) is 0 Å². The van der Waals surface area contributed by atoms with Gasteiger partial charge in [-0.25, -0.2) is 0 Å². The summed E-state index contributed by atoms with van der Waals surface area (Å²) in [6.45, 7) is 6.35. The van der Waals surface area contributed by atoms with E-state index in [1.807, 2.05) is 0 Å². The molecule has 0 radical (unpaired) electrons. The molecule has 0 saturated carbocycles. The number of ether oxygens (including phenoxy) is 1. The Bertz CT molecular complexity index is 189. The zero-order valence-electron chi connectivity index (χ0n) is 8.21. The fourth-order valence-electron chi connectivity index (χ4n) is 1.48. The van der Waals surface area contributed by atoms with E-state index in [1.54, 1.807) is 0 Å². The van der Waals surface area contributed by atoms with Crippen molar-refractivity contribution in [1.29, 1.82) is 0 Å². The van der Waals surface area contributed by atoms with Crippen molar-refractivity contribution in [3.05, 3.63) is 23.8 Å². The van der Waals surface area contributed by atoms with Crippen molar-refractivity contribution in [3.63, 3.8) is 0 Å². The summed E-state index contributed by atoms with van der Waals surface area (Å²) in [6, 6.07) is 0. The van der Waals surface area contributed by atoms with Crippen LogP contribution < -0.4 is 0 Å². The van der Waals surface area contributed by atoms with Gasteiger partial charge in [-0.05, 0) is 32.3 Å². The van der Waals surface area contributed by atoms with Crippen LogP contribution in [0.25, 0.3) is 0 Å². The molecule has 0 N–H and O–H groups in total. The monoisotopic (exact) mass is 166 g/mol. The lowest BCUT2D eigenvalue weighted by atomic mass is 10.1. The smallest absolute Gasteiger partial charge is 0.0791 e. The van der Waals surface area contributed by atoms with E-state index in [9.17, 15) is 0 Å². The van der Waals surface area contributed by atoms with Gasteiger partial charge in [0.05, 0.1) is 12.2 Å². The Hall–Kier alpha value is -0.560. The van der Waals surface area contributed by atoms with Crippen molar-refractivity contribution >= 4 is 0 Å². The van der Waals surface area contributed by atoms with Gasteiger partial charge in [0, 0.05) is 0 Å². The molecule has 0 saturated heterocycles. The van der Waals surface area contributed by atoms with Crippen LogP contribution in [0.1, 0.15) is 33.6 Å². The van der Waals surface area contributed by atoms with E-state index in [1.165, 1.54) is 5.57 Å². The van der Waals surface area contributed by atoms with Crippen LogP contribution in [0.4, 0.5) is 0 Å². The molecule has 0 heterocycles. The predicted molar refractivity (Wildman–Crippen MR) is 52.1 cm³/mol. The van der Waals surface area contributed by atoms with Crippen LogP contribution >= 0.6 is 0 Å². The van der Waals surface area contributed by atoms with Gasteiger partial charge in [-0.2, -0.15) is 0 Å². The van der Waals surface area contributed by atoms with E-state index in [0.717, 1.165) is 12.8 Å². The van der Waals surface area contributed by atoms with Gasteiger partial charge in [0.15, 0.2) is 0 Å². The molecule has 0 aromatic rings. The SMILES string of the molecule is CCC(OC(C)C)C1=CC=CC1. The van der Waals surface area contributed by atoms with E-state index in [0.29, 0.717) is 12.2 Å². The molecular weight excluding hydrogens is 148 g/mol. The van der Waals surface area contributed by atoms with Crippen molar-refractivity contribution in [3.8, 4) is 0 Å². The average molecular weight is 166 g/mol. The van der Waals surface area contributed by atoms with Crippen molar-refractivity contribution in [1.82, 2.24) is 0 Å². The summed E-state index contributed by atoms with van der Waals surface area (Å²) in [4.78, 5) is 0. The molecule has 12 heavy (non-hydrogen) atoms. The first-order valence-electron chi connectivity index (χ1n) is 4.75. The van der Waals surface area contributed by atoms with Crippen LogP contribution in [0.2, 0.25) is 0 Å². The van der Waals surface area contributed by atoms with E-state index in [-0.39, 0.29) is 0 Å². The fraction of sp³-hybridized carbons (Fsp3) is 0.636. The van der Waals surface area contributed by atoms with Crippen molar-refractivity contribution in [2.75, 3.05) is 0 Å². The molecule has 1 heteroatoms. The standard InChI is InChI=1S/C11H18O/c1-4-11(12-9(2)3)10-7-5-6-8-10/h5-7,9,11H,4,8H2,1-3H3. The second kappa shape index (κ2) is 4.46. The Morgan fingerprint density at radius 1 is 1.50 bits per heavy atom. The third kappa shape index (κ3) is 2.49. The molecule has 1 rings (SSSR count). The predicted octanol–water partition coefficient (Wildman–Crippen LogP) is 3.08. The Morgan fingerprint density at radius 3 is 2.67 bits per heavy atom. The third-order valence-corrected chi connectivity index (χ3v) is 2.02. The molecule has 0 fully saturated rings. The maximum atomic E-state index is 5.78. The summed E-state index contributed by atoms with van der Waals surface area (Å²) in [5, 5.41) is 0. The molecule has 68 valence electrons. The normalized spacial score (nSPS) is 18.5. The molecule has 0 spiro atoms. The van der Waals surface area contributed by atoms with Crippen molar-refractivity contribution in [2.24, 2.45) is 0 Å². The molecule has 1 aliphatic carbocycles. The van der Waals surface area contributed by atoms with Gasteiger partial charge in [-0.3, -0.25) is 0 Å². The third-order valence-electron chi connectivity index (χ3n) is 2.02. The maximum absolute atomic E-state index is 5.78. The Balaban J connectivity index is 2.45. The van der Waals surface area contributed by atoms with Crippen LogP contribution in [0.15, 0.2) is 23.8 Å². The van der Waals surface area contributed by atoms with Crippen LogP contribution in [0, 0.1) is 0 Å². The topological polar surface area (TPSA) is 9.23 Å². The highest BCUT2D eigenvalue weighted by Gasteiger charge is 2.14. The first kappa shape index (κ1) is 9.53. The second-order valence-electron chi connectivity index (χ2n) is 3.46. The molecule has 0 aromatic carbocycles. The minimum Gasteiger partial charge on any atom is -0.371 e. The number of rotatable bonds is 4. The van der Waals surface area contributed by atoms with Gasteiger partial charge in [-0.15, -0.1) is 0 Å². The summed E-state index contributed by atoms with van der Waals surface area (Å²) in [6.07, 6.45) is 9.29. The summed E-state index contributed by atoms with van der Waals surface area (Å²) in [7, 11) is 0. The Morgan fingerprint density at radius 2 is 2.25 bits per heavy atom. The second-order valence-corrected chi connectivity index (χ2v) is 3.46. The molecule has 1 atom stereocenters. The fourth-order valence-corrected chi connectivity index (χ4v) is 1.48. The quantitative estimate of drug-likeness (QED) is 0.623. The molecule has 0 amide bonds. The number of hydrogen-bond acceptors (Lipinski definition) is 1. The van der Waals surface area contributed by atoms with Gasteiger partial charge in [0.25, 0.3) is 0 Å². The minimum absolute atomic E-state index is 0.330. The largest absolute Gasteiger partial charge is 0.371 e. The zero-order chi connectivity index (χ0) is 8.97. The minimum atomic E-state index is 0.330. The molecule has 0 aromatic heterocycles. The number of hydrogen-bond donors (Lipinski definition) is 0. The zero-order valence-corrected chi connectivity index (χ0v) is 8.21. The van der Waals surface area contributed by atoms with Crippen LogP contribution in [-0.2, 0) is 4.74 Å². The maximum Gasteiger partial charge on any atom is 0.0791 e. The van der Waals surface area contributed by atoms with E-state index < -0.39 is 0 Å². The summed E-state index contributed by atoms with van der Waals surface area (Å²) in [5.74, 6) is 0. The van der Waals surface area contributed by atoms with E-state index in [2.05, 4.69) is 39.0 Å². The highest BCUT2D eigenvalue weighted by Crippen LogP contribution is 2.20. The summed E-state index contributed by atoms with van der Waals surface area (Å²) < 4.78 is 5.78. The molecule has 1 aliphatic rings. The lowest BCUT2D eigenvalue weighted by Gasteiger charge is -2.20. The lowest BCUT2D eigenvalue weighted by Crippen LogP contribution is -2.18. The van der Waals surface area contributed by atoms with Crippen molar-refractivity contribution in [2.45, 2.75) is 45.8 Å². The molecule has 1 nitrogen and oxygen atoms in total. The molecule has 0 bridgehead atoms. The Kier molecular flexibility index (Phi) is 3.54. The lowest BCUT2D eigenvalue weighted by molar-refractivity contribution is 0.0264. The summed E-state index contributed by atoms with van der Waals surface area (Å²) >= 11 is 0. The number of allylic oxidation sites excluding steroid dienone is 3. The first-order chi connectivity index (χ1) is 5.74. The van der Waals surface area contributed by atoms with Crippen LogP contribution in [-0.4, -0.2) is 12.2 Å².